The minimum absolute atomic E-state index is 0.0738. The van der Waals surface area contributed by atoms with Crippen LogP contribution in [0.25, 0.3) is 0 Å². The van der Waals surface area contributed by atoms with Crippen molar-refractivity contribution in [2.24, 2.45) is 17.8 Å². The molecule has 0 aromatic rings. The number of carbonyl (C=O) groups is 2. The molecule has 0 saturated carbocycles. The molecule has 0 radical (unpaired) electrons. The van der Waals surface area contributed by atoms with Crippen LogP contribution in [0.2, 0.25) is 0 Å². The second-order valence-electron chi connectivity index (χ2n) is 5.16. The molecule has 1 rings (SSSR count). The molecule has 1 heterocycles. The highest BCUT2D eigenvalue weighted by Gasteiger charge is 2.41. The second-order valence-corrected chi connectivity index (χ2v) is 5.16. The summed E-state index contributed by atoms with van der Waals surface area (Å²) >= 11 is 0. The Kier molecular flexibility index (Phi) is 5.62. The molecule has 2 atom stereocenters. The zero-order valence-electron chi connectivity index (χ0n) is 10.6. The number of aliphatic hydroxyl groups is 1. The number of hydrogen-bond acceptors (Lipinski definition) is 4. The van der Waals surface area contributed by atoms with Gasteiger partial charge in [0.1, 0.15) is 11.7 Å². The monoisotopic (exact) mass is 242 g/mol. The van der Waals surface area contributed by atoms with Crippen LogP contribution in [0, 0.1) is 17.8 Å². The molecule has 98 valence electrons. The first-order chi connectivity index (χ1) is 8.06. The zero-order chi connectivity index (χ0) is 12.8. The predicted octanol–water partition coefficient (Wildman–Crippen LogP) is 1.55. The molecule has 0 spiro atoms. The normalized spacial score (nSPS) is 24.1. The number of hydrogen-bond donors (Lipinski definition) is 1. The van der Waals surface area contributed by atoms with Gasteiger partial charge in [-0.1, -0.05) is 26.7 Å². The zero-order valence-corrected chi connectivity index (χ0v) is 10.6. The number of ether oxygens (including phenoxy) is 1. The van der Waals surface area contributed by atoms with Gasteiger partial charge in [-0.15, -0.1) is 0 Å². The van der Waals surface area contributed by atoms with Crippen molar-refractivity contribution in [3.05, 3.63) is 0 Å². The van der Waals surface area contributed by atoms with Crippen LogP contribution < -0.4 is 0 Å². The van der Waals surface area contributed by atoms with Gasteiger partial charge in [0.25, 0.3) is 0 Å². The average molecular weight is 242 g/mol. The standard InChI is InChI=1S/C13H22O4/c1-9(2)5-3-4-6-11(15)12-10(7-14)8-17-13(12)16/h9-10,12,14H,3-8H2,1-2H3/t10-,12?/m0/s1. The van der Waals surface area contributed by atoms with Crippen molar-refractivity contribution in [3.63, 3.8) is 0 Å². The number of esters is 1. The van der Waals surface area contributed by atoms with Crippen LogP contribution in [0.1, 0.15) is 39.5 Å². The summed E-state index contributed by atoms with van der Waals surface area (Å²) < 4.78 is 4.81. The van der Waals surface area contributed by atoms with Crippen molar-refractivity contribution in [2.75, 3.05) is 13.2 Å². The number of rotatable bonds is 7. The van der Waals surface area contributed by atoms with Crippen LogP contribution in [-0.2, 0) is 14.3 Å². The first-order valence-electron chi connectivity index (χ1n) is 6.36. The molecule has 0 bridgehead atoms. The first kappa shape index (κ1) is 14.2. The average Bonchev–Trinajstić information content (AvgIpc) is 2.65. The van der Waals surface area contributed by atoms with Crippen LogP contribution in [0.15, 0.2) is 0 Å². The predicted molar refractivity (Wildman–Crippen MR) is 63.3 cm³/mol. The highest BCUT2D eigenvalue weighted by molar-refractivity contribution is 6.00. The number of ketones is 1. The molecule has 17 heavy (non-hydrogen) atoms. The minimum Gasteiger partial charge on any atom is -0.465 e. The topological polar surface area (TPSA) is 63.6 Å². The lowest BCUT2D eigenvalue weighted by molar-refractivity contribution is -0.144. The van der Waals surface area contributed by atoms with Gasteiger partial charge in [0, 0.05) is 12.3 Å². The van der Waals surface area contributed by atoms with E-state index >= 15 is 0 Å². The number of cyclic esters (lactones) is 1. The van der Waals surface area contributed by atoms with E-state index in [0.29, 0.717) is 12.3 Å². The van der Waals surface area contributed by atoms with Gasteiger partial charge < -0.3 is 9.84 Å². The van der Waals surface area contributed by atoms with Crippen LogP contribution in [-0.4, -0.2) is 30.1 Å². The van der Waals surface area contributed by atoms with Crippen molar-refractivity contribution in [1.29, 1.82) is 0 Å². The van der Waals surface area contributed by atoms with Gasteiger partial charge >= 0.3 is 5.97 Å². The lowest BCUT2D eigenvalue weighted by Gasteiger charge is -2.11. The summed E-state index contributed by atoms with van der Waals surface area (Å²) in [6, 6.07) is 0. The third-order valence-corrected chi connectivity index (χ3v) is 3.20. The third kappa shape index (κ3) is 4.11. The molecule has 1 aliphatic rings. The van der Waals surface area contributed by atoms with Crippen LogP contribution in [0.5, 0.6) is 0 Å². The van der Waals surface area contributed by atoms with E-state index in [2.05, 4.69) is 13.8 Å². The van der Waals surface area contributed by atoms with E-state index < -0.39 is 11.9 Å². The quantitative estimate of drug-likeness (QED) is 0.418. The van der Waals surface area contributed by atoms with Gasteiger partial charge in [-0.3, -0.25) is 9.59 Å². The van der Waals surface area contributed by atoms with Gasteiger partial charge in [0.15, 0.2) is 0 Å². The van der Waals surface area contributed by atoms with E-state index in [-0.39, 0.29) is 24.9 Å². The van der Waals surface area contributed by atoms with Crippen molar-refractivity contribution in [2.45, 2.75) is 39.5 Å². The van der Waals surface area contributed by atoms with Gasteiger partial charge in [-0.25, -0.2) is 0 Å². The lowest BCUT2D eigenvalue weighted by atomic mass is 9.89. The number of carbonyl (C=O) groups excluding carboxylic acids is 2. The molecular formula is C13H22O4. The summed E-state index contributed by atoms with van der Waals surface area (Å²) in [5.41, 5.74) is 0. The smallest absolute Gasteiger partial charge is 0.316 e. The fourth-order valence-electron chi connectivity index (χ4n) is 2.13. The number of unbranched alkanes of at least 4 members (excludes halogenated alkanes) is 1. The Morgan fingerprint density at radius 3 is 2.76 bits per heavy atom. The van der Waals surface area contributed by atoms with E-state index in [9.17, 15) is 9.59 Å². The molecule has 1 N–H and O–H groups in total. The largest absolute Gasteiger partial charge is 0.465 e. The molecule has 0 amide bonds. The molecule has 1 aliphatic heterocycles. The van der Waals surface area contributed by atoms with Gasteiger partial charge in [0.2, 0.25) is 0 Å². The Bertz CT molecular complexity index is 273. The molecule has 4 heteroatoms. The van der Waals surface area contributed by atoms with E-state index in [1.165, 1.54) is 0 Å². The summed E-state index contributed by atoms with van der Waals surface area (Å²) in [6.45, 7) is 4.32. The number of Topliss-reactive ketones (excluding diaryl/α,β-unsaturated/α-hetero) is 1. The van der Waals surface area contributed by atoms with Crippen LogP contribution >= 0.6 is 0 Å². The molecule has 0 aromatic carbocycles. The Labute approximate surface area is 102 Å². The summed E-state index contributed by atoms with van der Waals surface area (Å²) in [5.74, 6) is -0.945. The lowest BCUT2D eigenvalue weighted by Crippen LogP contribution is -2.27. The Hall–Kier alpha value is -0.900. The molecular weight excluding hydrogens is 220 g/mol. The molecule has 1 saturated heterocycles. The number of aliphatic hydroxyl groups excluding tert-OH is 1. The van der Waals surface area contributed by atoms with Crippen molar-refractivity contribution >= 4 is 11.8 Å². The summed E-state index contributed by atoms with van der Waals surface area (Å²) in [7, 11) is 0. The summed E-state index contributed by atoms with van der Waals surface area (Å²) in [6.07, 6.45) is 3.35. The molecule has 0 aliphatic carbocycles. The summed E-state index contributed by atoms with van der Waals surface area (Å²) in [4.78, 5) is 23.2. The van der Waals surface area contributed by atoms with Crippen molar-refractivity contribution in [3.8, 4) is 0 Å². The Balaban J connectivity index is 2.33. The van der Waals surface area contributed by atoms with E-state index in [0.717, 1.165) is 19.3 Å². The third-order valence-electron chi connectivity index (χ3n) is 3.20. The van der Waals surface area contributed by atoms with Crippen LogP contribution in [0.4, 0.5) is 0 Å². The van der Waals surface area contributed by atoms with Gasteiger partial charge in [-0.05, 0) is 12.3 Å². The molecule has 0 aromatic heterocycles. The van der Waals surface area contributed by atoms with Gasteiger partial charge in [0.05, 0.1) is 13.2 Å². The maximum Gasteiger partial charge on any atom is 0.316 e. The molecule has 4 nitrogen and oxygen atoms in total. The Morgan fingerprint density at radius 2 is 2.18 bits per heavy atom. The first-order valence-corrected chi connectivity index (χ1v) is 6.36. The minimum atomic E-state index is -0.723. The van der Waals surface area contributed by atoms with Gasteiger partial charge in [-0.2, -0.15) is 0 Å². The second kappa shape index (κ2) is 6.74. The fraction of sp³-hybridized carbons (Fsp3) is 0.846. The maximum atomic E-state index is 11.9. The Morgan fingerprint density at radius 1 is 1.47 bits per heavy atom. The van der Waals surface area contributed by atoms with Crippen molar-refractivity contribution < 1.29 is 19.4 Å². The summed E-state index contributed by atoms with van der Waals surface area (Å²) in [5, 5.41) is 9.06. The van der Waals surface area contributed by atoms with Crippen LogP contribution in [0.3, 0.4) is 0 Å². The van der Waals surface area contributed by atoms with E-state index in [1.807, 2.05) is 0 Å². The maximum absolute atomic E-state index is 11.9. The highest BCUT2D eigenvalue weighted by Crippen LogP contribution is 2.24. The van der Waals surface area contributed by atoms with E-state index in [4.69, 9.17) is 9.84 Å². The SMILES string of the molecule is CC(C)CCCCC(=O)C1C(=O)OC[C@@H]1CO. The fourth-order valence-corrected chi connectivity index (χ4v) is 2.13. The van der Waals surface area contributed by atoms with Crippen molar-refractivity contribution in [1.82, 2.24) is 0 Å². The highest BCUT2D eigenvalue weighted by atomic mass is 16.5. The molecule has 1 unspecified atom stereocenters. The molecule has 1 fully saturated rings. The van der Waals surface area contributed by atoms with E-state index in [1.54, 1.807) is 0 Å².